The van der Waals surface area contributed by atoms with Gasteiger partial charge in [-0.05, 0) is 31.0 Å². The van der Waals surface area contributed by atoms with Crippen LogP contribution in [-0.2, 0) is 0 Å². The van der Waals surface area contributed by atoms with Crippen LogP contribution in [0.4, 0.5) is 8.78 Å². The normalized spacial score (nSPS) is 22.1. The summed E-state index contributed by atoms with van der Waals surface area (Å²) in [4.78, 5) is 8.57. The van der Waals surface area contributed by atoms with Crippen molar-refractivity contribution < 1.29 is 8.78 Å². The summed E-state index contributed by atoms with van der Waals surface area (Å²) in [6.07, 6.45) is 3.31. The van der Waals surface area contributed by atoms with Crippen molar-refractivity contribution in [2.75, 3.05) is 0 Å². The number of aromatic nitrogens is 2. The quantitative estimate of drug-likeness (QED) is 0.904. The molecule has 0 spiro atoms. The minimum Gasteiger partial charge on any atom is -0.328 e. The molecular weight excluding hydrogens is 248 g/mol. The zero-order chi connectivity index (χ0) is 13.4. The van der Waals surface area contributed by atoms with Crippen molar-refractivity contribution in [3.63, 3.8) is 0 Å². The third kappa shape index (κ3) is 2.33. The van der Waals surface area contributed by atoms with Crippen LogP contribution in [0.25, 0.3) is 11.3 Å². The van der Waals surface area contributed by atoms with E-state index in [-0.39, 0.29) is 17.5 Å². The van der Waals surface area contributed by atoms with E-state index in [9.17, 15) is 8.78 Å². The van der Waals surface area contributed by atoms with Crippen LogP contribution in [0.2, 0.25) is 0 Å². The smallest absolute Gasteiger partial charge is 0.135 e. The minimum absolute atomic E-state index is 0.208. The fourth-order valence-electron chi connectivity index (χ4n) is 2.29. The fourth-order valence-corrected chi connectivity index (χ4v) is 2.29. The van der Waals surface area contributed by atoms with Crippen LogP contribution in [0.15, 0.2) is 30.5 Å². The molecule has 2 N–H and O–H groups in total. The third-order valence-corrected chi connectivity index (χ3v) is 3.42. The monoisotopic (exact) mass is 261 g/mol. The van der Waals surface area contributed by atoms with E-state index in [1.807, 2.05) is 0 Å². The van der Waals surface area contributed by atoms with Gasteiger partial charge in [0, 0.05) is 29.8 Å². The van der Waals surface area contributed by atoms with Gasteiger partial charge in [0.15, 0.2) is 0 Å². The maximum Gasteiger partial charge on any atom is 0.135 e. The molecule has 1 aromatic heterocycles. The number of benzene rings is 1. The number of nitrogens with two attached hydrogens (primary N) is 1. The summed E-state index contributed by atoms with van der Waals surface area (Å²) in [6.45, 7) is 0. The average molecular weight is 261 g/mol. The first-order valence-electron chi connectivity index (χ1n) is 6.17. The molecule has 1 fully saturated rings. The van der Waals surface area contributed by atoms with Crippen molar-refractivity contribution in [3.05, 3.63) is 47.9 Å². The molecule has 0 atom stereocenters. The van der Waals surface area contributed by atoms with Gasteiger partial charge in [0.05, 0.1) is 5.69 Å². The lowest BCUT2D eigenvalue weighted by molar-refractivity contribution is 0.338. The maximum atomic E-state index is 13.7. The number of hydrogen-bond acceptors (Lipinski definition) is 3. The SMILES string of the molecule is NC1CC(c2nccc(-c3ccc(F)cc3F)n2)C1. The second-order valence-corrected chi connectivity index (χ2v) is 4.85. The Balaban J connectivity index is 1.94. The van der Waals surface area contributed by atoms with Gasteiger partial charge in [-0.2, -0.15) is 0 Å². The van der Waals surface area contributed by atoms with E-state index in [4.69, 9.17) is 5.73 Å². The van der Waals surface area contributed by atoms with Crippen LogP contribution < -0.4 is 5.73 Å². The zero-order valence-corrected chi connectivity index (χ0v) is 10.2. The van der Waals surface area contributed by atoms with E-state index in [0.29, 0.717) is 11.5 Å². The number of halogens is 2. The third-order valence-electron chi connectivity index (χ3n) is 3.42. The highest BCUT2D eigenvalue weighted by Crippen LogP contribution is 2.34. The Labute approximate surface area is 109 Å². The van der Waals surface area contributed by atoms with Crippen molar-refractivity contribution in [3.8, 4) is 11.3 Å². The van der Waals surface area contributed by atoms with Crippen LogP contribution in [-0.4, -0.2) is 16.0 Å². The molecule has 98 valence electrons. The summed E-state index contributed by atoms with van der Waals surface area (Å²) in [5.74, 6) is -0.281. The van der Waals surface area contributed by atoms with Gasteiger partial charge in [-0.15, -0.1) is 0 Å². The zero-order valence-electron chi connectivity index (χ0n) is 10.2. The molecule has 1 saturated carbocycles. The van der Waals surface area contributed by atoms with E-state index >= 15 is 0 Å². The average Bonchev–Trinajstić information content (AvgIpc) is 2.35. The number of hydrogen-bond donors (Lipinski definition) is 1. The molecule has 0 saturated heterocycles. The summed E-state index contributed by atoms with van der Waals surface area (Å²) in [5, 5.41) is 0. The Morgan fingerprint density at radius 1 is 1.16 bits per heavy atom. The molecule has 19 heavy (non-hydrogen) atoms. The van der Waals surface area contributed by atoms with Crippen LogP contribution in [0.3, 0.4) is 0 Å². The molecule has 1 aliphatic rings. The van der Waals surface area contributed by atoms with Gasteiger partial charge in [0.1, 0.15) is 17.5 Å². The van der Waals surface area contributed by atoms with Gasteiger partial charge in [-0.3, -0.25) is 0 Å². The van der Waals surface area contributed by atoms with Crippen molar-refractivity contribution in [1.82, 2.24) is 9.97 Å². The summed E-state index contributed by atoms with van der Waals surface area (Å²) < 4.78 is 26.6. The molecule has 3 rings (SSSR count). The molecule has 0 unspecified atom stereocenters. The highest BCUT2D eigenvalue weighted by molar-refractivity contribution is 5.59. The summed E-state index contributed by atoms with van der Waals surface area (Å²) in [5.41, 5.74) is 6.50. The molecular formula is C14H13F2N3. The maximum absolute atomic E-state index is 13.7. The molecule has 1 aliphatic carbocycles. The Morgan fingerprint density at radius 2 is 1.95 bits per heavy atom. The Morgan fingerprint density at radius 3 is 2.63 bits per heavy atom. The minimum atomic E-state index is -0.616. The van der Waals surface area contributed by atoms with Gasteiger partial charge in [0.2, 0.25) is 0 Å². The van der Waals surface area contributed by atoms with E-state index < -0.39 is 11.6 Å². The first kappa shape index (κ1) is 12.2. The van der Waals surface area contributed by atoms with Gasteiger partial charge in [-0.1, -0.05) is 0 Å². The Hall–Kier alpha value is -1.88. The predicted molar refractivity (Wildman–Crippen MR) is 67.3 cm³/mol. The molecule has 0 radical (unpaired) electrons. The molecule has 5 heteroatoms. The molecule has 1 heterocycles. The van der Waals surface area contributed by atoms with Crippen LogP contribution >= 0.6 is 0 Å². The summed E-state index contributed by atoms with van der Waals surface area (Å²) in [6, 6.07) is 5.30. The van der Waals surface area contributed by atoms with Gasteiger partial charge < -0.3 is 5.73 Å². The summed E-state index contributed by atoms with van der Waals surface area (Å²) in [7, 11) is 0. The highest BCUT2D eigenvalue weighted by atomic mass is 19.1. The number of nitrogens with zero attached hydrogens (tertiary/aromatic N) is 2. The van der Waals surface area contributed by atoms with Crippen molar-refractivity contribution in [2.45, 2.75) is 24.8 Å². The predicted octanol–water partition coefficient (Wildman–Crippen LogP) is 2.63. The van der Waals surface area contributed by atoms with Crippen LogP contribution in [0.1, 0.15) is 24.6 Å². The first-order chi connectivity index (χ1) is 9.13. The molecule has 1 aromatic carbocycles. The van der Waals surface area contributed by atoms with E-state index in [1.54, 1.807) is 12.3 Å². The highest BCUT2D eigenvalue weighted by Gasteiger charge is 2.29. The molecule has 0 aliphatic heterocycles. The van der Waals surface area contributed by atoms with E-state index in [2.05, 4.69) is 9.97 Å². The molecule has 3 nitrogen and oxygen atoms in total. The lowest BCUT2D eigenvalue weighted by atomic mass is 9.80. The van der Waals surface area contributed by atoms with Crippen molar-refractivity contribution >= 4 is 0 Å². The molecule has 0 bridgehead atoms. The molecule has 0 amide bonds. The van der Waals surface area contributed by atoms with Gasteiger partial charge in [-0.25, -0.2) is 18.7 Å². The topological polar surface area (TPSA) is 51.8 Å². The molecule has 2 aromatic rings. The van der Waals surface area contributed by atoms with Crippen molar-refractivity contribution in [2.24, 2.45) is 5.73 Å². The van der Waals surface area contributed by atoms with Gasteiger partial charge >= 0.3 is 0 Å². The Kier molecular flexibility index (Phi) is 2.98. The van der Waals surface area contributed by atoms with Crippen LogP contribution in [0, 0.1) is 11.6 Å². The fraction of sp³-hybridized carbons (Fsp3) is 0.286. The Bertz CT molecular complexity index is 609. The van der Waals surface area contributed by atoms with Crippen LogP contribution in [0.5, 0.6) is 0 Å². The van der Waals surface area contributed by atoms with E-state index in [0.717, 1.165) is 18.9 Å². The number of rotatable bonds is 2. The summed E-state index contributed by atoms with van der Waals surface area (Å²) >= 11 is 0. The second-order valence-electron chi connectivity index (χ2n) is 4.85. The van der Waals surface area contributed by atoms with Gasteiger partial charge in [0.25, 0.3) is 0 Å². The first-order valence-corrected chi connectivity index (χ1v) is 6.17. The largest absolute Gasteiger partial charge is 0.328 e. The van der Waals surface area contributed by atoms with Crippen molar-refractivity contribution in [1.29, 1.82) is 0 Å². The standard InChI is InChI=1S/C14H13F2N3/c15-9-1-2-11(12(16)7-9)13-3-4-18-14(19-13)8-5-10(17)6-8/h1-4,7-8,10H,5-6,17H2. The lowest BCUT2D eigenvalue weighted by Crippen LogP contribution is -2.35. The lowest BCUT2D eigenvalue weighted by Gasteiger charge is -2.31. The van der Waals surface area contributed by atoms with E-state index in [1.165, 1.54) is 12.1 Å². The second kappa shape index (κ2) is 4.66.